The molecule has 0 spiro atoms. The first-order valence-corrected chi connectivity index (χ1v) is 10.1. The Kier molecular flexibility index (Phi) is 6.45. The van der Waals surface area contributed by atoms with E-state index in [0.29, 0.717) is 18.5 Å². The molecule has 0 radical (unpaired) electrons. The van der Waals surface area contributed by atoms with Crippen LogP contribution >= 0.6 is 11.3 Å². The standard InChI is InChI=1S/C20H28N4S/c1-3-21-20(23-14-19-22-13-15(2)25-19)24-18-11-9-17(10-12-18)16-7-5-4-6-8-16/h4-8,13,17-18H,3,9-12,14H2,1-2H3,(H2,21,23,24). The lowest BCUT2D eigenvalue weighted by Gasteiger charge is -2.30. The number of aryl methyl sites for hydroxylation is 1. The highest BCUT2D eigenvalue weighted by molar-refractivity contribution is 7.11. The van der Waals surface area contributed by atoms with Gasteiger partial charge in [0, 0.05) is 23.7 Å². The predicted octanol–water partition coefficient (Wildman–Crippen LogP) is 4.23. The lowest BCUT2D eigenvalue weighted by molar-refractivity contribution is 0.371. The molecule has 4 nitrogen and oxygen atoms in total. The molecule has 0 bridgehead atoms. The molecule has 0 atom stereocenters. The molecule has 25 heavy (non-hydrogen) atoms. The highest BCUT2D eigenvalue weighted by Gasteiger charge is 2.22. The van der Waals surface area contributed by atoms with E-state index in [4.69, 9.17) is 4.99 Å². The van der Waals surface area contributed by atoms with Crippen molar-refractivity contribution in [1.82, 2.24) is 15.6 Å². The van der Waals surface area contributed by atoms with E-state index in [2.05, 4.69) is 59.8 Å². The number of nitrogens with one attached hydrogen (secondary N) is 2. The number of guanidine groups is 1. The summed E-state index contributed by atoms with van der Waals surface area (Å²) in [5, 5.41) is 8.06. The van der Waals surface area contributed by atoms with Gasteiger partial charge >= 0.3 is 0 Å². The Hall–Kier alpha value is -1.88. The van der Waals surface area contributed by atoms with Gasteiger partial charge in [0.15, 0.2) is 5.96 Å². The van der Waals surface area contributed by atoms with Gasteiger partial charge in [-0.15, -0.1) is 11.3 Å². The van der Waals surface area contributed by atoms with Gasteiger partial charge in [-0.25, -0.2) is 9.98 Å². The third kappa shape index (κ3) is 5.30. The van der Waals surface area contributed by atoms with Gasteiger partial charge in [0.1, 0.15) is 5.01 Å². The Bertz CT molecular complexity index is 672. The molecule has 0 saturated heterocycles. The van der Waals surface area contributed by atoms with Gasteiger partial charge in [-0.05, 0) is 51.0 Å². The molecule has 0 amide bonds. The number of rotatable bonds is 5. The summed E-state index contributed by atoms with van der Waals surface area (Å²) in [6.07, 6.45) is 6.79. The van der Waals surface area contributed by atoms with Gasteiger partial charge in [-0.2, -0.15) is 0 Å². The van der Waals surface area contributed by atoms with E-state index in [-0.39, 0.29) is 0 Å². The number of hydrogen-bond donors (Lipinski definition) is 2. The van der Waals surface area contributed by atoms with Gasteiger partial charge in [0.2, 0.25) is 0 Å². The summed E-state index contributed by atoms with van der Waals surface area (Å²) in [4.78, 5) is 10.3. The number of aromatic nitrogens is 1. The maximum atomic E-state index is 4.71. The van der Waals surface area contributed by atoms with E-state index in [1.807, 2.05) is 6.20 Å². The molecule has 1 fully saturated rings. The Morgan fingerprint density at radius 1 is 1.20 bits per heavy atom. The molecule has 1 aromatic heterocycles. The van der Waals surface area contributed by atoms with Crippen molar-refractivity contribution < 1.29 is 0 Å². The van der Waals surface area contributed by atoms with Gasteiger partial charge in [0.25, 0.3) is 0 Å². The number of benzene rings is 1. The summed E-state index contributed by atoms with van der Waals surface area (Å²) in [5.41, 5.74) is 1.49. The summed E-state index contributed by atoms with van der Waals surface area (Å²) in [6, 6.07) is 11.4. The zero-order valence-electron chi connectivity index (χ0n) is 15.2. The molecule has 0 unspecified atom stereocenters. The van der Waals surface area contributed by atoms with Crippen LogP contribution in [0, 0.1) is 6.92 Å². The molecule has 1 saturated carbocycles. The van der Waals surface area contributed by atoms with E-state index in [1.54, 1.807) is 11.3 Å². The summed E-state index contributed by atoms with van der Waals surface area (Å²) < 4.78 is 0. The molecule has 1 aromatic carbocycles. The normalized spacial score (nSPS) is 21.1. The number of hydrogen-bond acceptors (Lipinski definition) is 3. The molecule has 134 valence electrons. The zero-order valence-corrected chi connectivity index (χ0v) is 16.0. The maximum Gasteiger partial charge on any atom is 0.191 e. The molecular formula is C20H28N4S. The van der Waals surface area contributed by atoms with Crippen molar-refractivity contribution in [1.29, 1.82) is 0 Å². The van der Waals surface area contributed by atoms with E-state index in [9.17, 15) is 0 Å². The van der Waals surface area contributed by atoms with Gasteiger partial charge in [-0.3, -0.25) is 0 Å². The van der Waals surface area contributed by atoms with Crippen molar-refractivity contribution in [2.24, 2.45) is 4.99 Å². The monoisotopic (exact) mass is 356 g/mol. The second kappa shape index (κ2) is 8.99. The second-order valence-corrected chi connectivity index (χ2v) is 7.98. The van der Waals surface area contributed by atoms with Crippen molar-refractivity contribution in [3.05, 3.63) is 52.0 Å². The minimum absolute atomic E-state index is 0.510. The summed E-state index contributed by atoms with van der Waals surface area (Å²) in [6.45, 7) is 5.71. The van der Waals surface area contributed by atoms with Crippen molar-refractivity contribution in [3.63, 3.8) is 0 Å². The summed E-state index contributed by atoms with van der Waals surface area (Å²) in [7, 11) is 0. The average Bonchev–Trinajstić information content (AvgIpc) is 3.07. The highest BCUT2D eigenvalue weighted by atomic mass is 32.1. The molecule has 3 rings (SSSR count). The smallest absolute Gasteiger partial charge is 0.191 e. The number of aliphatic imine (C=N–C) groups is 1. The van der Waals surface area contributed by atoms with Crippen LogP contribution in [0.1, 0.15) is 54.0 Å². The van der Waals surface area contributed by atoms with Crippen LogP contribution in [0.5, 0.6) is 0 Å². The second-order valence-electron chi connectivity index (χ2n) is 6.66. The van der Waals surface area contributed by atoms with Crippen molar-refractivity contribution in [2.75, 3.05) is 6.54 Å². The van der Waals surface area contributed by atoms with E-state index >= 15 is 0 Å². The molecule has 5 heteroatoms. The number of thiazole rings is 1. The molecule has 1 aliphatic rings. The van der Waals surface area contributed by atoms with Crippen molar-refractivity contribution in [2.45, 2.75) is 58.0 Å². The Morgan fingerprint density at radius 3 is 2.60 bits per heavy atom. The first-order valence-electron chi connectivity index (χ1n) is 9.25. The Labute approximate surface area is 154 Å². The van der Waals surface area contributed by atoms with Crippen LogP contribution in [0.25, 0.3) is 0 Å². The van der Waals surface area contributed by atoms with Crippen LogP contribution in [0.3, 0.4) is 0 Å². The third-order valence-electron chi connectivity index (χ3n) is 4.72. The quantitative estimate of drug-likeness (QED) is 0.622. The van der Waals surface area contributed by atoms with E-state index in [0.717, 1.165) is 17.5 Å². The largest absolute Gasteiger partial charge is 0.357 e. The fourth-order valence-electron chi connectivity index (χ4n) is 3.43. The van der Waals surface area contributed by atoms with Crippen molar-refractivity contribution in [3.8, 4) is 0 Å². The Morgan fingerprint density at radius 2 is 1.96 bits per heavy atom. The zero-order chi connectivity index (χ0) is 17.5. The maximum absolute atomic E-state index is 4.71. The Balaban J connectivity index is 1.52. The first kappa shape index (κ1) is 17.9. The van der Waals surface area contributed by atoms with Crippen LogP contribution in [-0.2, 0) is 6.54 Å². The molecule has 2 aromatic rings. The van der Waals surface area contributed by atoms with Crippen LogP contribution in [0.15, 0.2) is 41.5 Å². The predicted molar refractivity (Wildman–Crippen MR) is 106 cm³/mol. The van der Waals surface area contributed by atoms with Crippen LogP contribution in [-0.4, -0.2) is 23.5 Å². The van der Waals surface area contributed by atoms with Gasteiger partial charge in [0.05, 0.1) is 6.54 Å². The van der Waals surface area contributed by atoms with E-state index < -0.39 is 0 Å². The third-order valence-corrected chi connectivity index (χ3v) is 5.62. The summed E-state index contributed by atoms with van der Waals surface area (Å²) >= 11 is 1.72. The minimum atomic E-state index is 0.510. The van der Waals surface area contributed by atoms with Gasteiger partial charge in [-0.1, -0.05) is 30.3 Å². The van der Waals surface area contributed by atoms with Crippen LogP contribution in [0.2, 0.25) is 0 Å². The molecular weight excluding hydrogens is 328 g/mol. The fourth-order valence-corrected chi connectivity index (χ4v) is 4.14. The van der Waals surface area contributed by atoms with Gasteiger partial charge < -0.3 is 10.6 Å². The molecule has 0 aliphatic heterocycles. The topological polar surface area (TPSA) is 49.3 Å². The SMILES string of the molecule is CCNC(=NCc1ncc(C)s1)NC1CCC(c2ccccc2)CC1. The van der Waals surface area contributed by atoms with E-state index in [1.165, 1.54) is 36.1 Å². The lowest BCUT2D eigenvalue weighted by Crippen LogP contribution is -2.44. The van der Waals surface area contributed by atoms with Crippen LogP contribution < -0.4 is 10.6 Å². The lowest BCUT2D eigenvalue weighted by atomic mass is 9.82. The van der Waals surface area contributed by atoms with Crippen molar-refractivity contribution >= 4 is 17.3 Å². The average molecular weight is 357 g/mol. The number of nitrogens with zero attached hydrogens (tertiary/aromatic N) is 2. The molecule has 2 N–H and O–H groups in total. The first-order chi connectivity index (χ1) is 12.2. The fraction of sp³-hybridized carbons (Fsp3) is 0.500. The van der Waals surface area contributed by atoms with Crippen LogP contribution in [0.4, 0.5) is 0 Å². The summed E-state index contributed by atoms with van der Waals surface area (Å²) in [5.74, 6) is 1.62. The molecule has 1 heterocycles. The minimum Gasteiger partial charge on any atom is -0.357 e. The highest BCUT2D eigenvalue weighted by Crippen LogP contribution is 2.32. The molecule has 1 aliphatic carbocycles.